The summed E-state index contributed by atoms with van der Waals surface area (Å²) in [6.45, 7) is 3.62. The van der Waals surface area contributed by atoms with Crippen molar-refractivity contribution in [3.8, 4) is 0 Å². The average molecular weight is 338 g/mol. The second-order valence-corrected chi connectivity index (χ2v) is 5.94. The molecule has 3 heterocycles. The number of aliphatic hydroxyl groups excluding tert-OH is 3. The zero-order valence-electron chi connectivity index (χ0n) is 13.5. The summed E-state index contributed by atoms with van der Waals surface area (Å²) < 4.78 is 7.01. The van der Waals surface area contributed by atoms with E-state index in [0.29, 0.717) is 17.1 Å². The van der Waals surface area contributed by atoms with Crippen molar-refractivity contribution in [1.82, 2.24) is 19.5 Å². The number of ether oxygens (including phenoxy) is 1. The van der Waals surface area contributed by atoms with E-state index in [1.165, 1.54) is 10.9 Å². The van der Waals surface area contributed by atoms with Gasteiger partial charge in [0.05, 0.1) is 12.9 Å². The lowest BCUT2D eigenvalue weighted by Gasteiger charge is -2.17. The maximum atomic E-state index is 10.2. The number of imidazole rings is 1. The molecule has 0 spiro atoms. The van der Waals surface area contributed by atoms with E-state index in [9.17, 15) is 15.3 Å². The molecule has 0 bridgehead atoms. The van der Waals surface area contributed by atoms with Crippen LogP contribution in [0.15, 0.2) is 6.33 Å². The first kappa shape index (κ1) is 16.8. The van der Waals surface area contributed by atoms with Crippen molar-refractivity contribution in [2.75, 3.05) is 17.7 Å². The second kappa shape index (κ2) is 6.48. The van der Waals surface area contributed by atoms with Gasteiger partial charge in [0.1, 0.15) is 23.8 Å². The standard InChI is InChI=1S/C14H22N6O4/c1-3-6(2)17-14-18-11(15)8-12(19-14)20(5-16-8)13-10(23)9(22)7(4-21)24-13/h5-7,9-10,13,21-23H,3-4H2,1-2H3,(H3,15,17,18,19)/t6-,7-,9-,10-,13-/m1/s1. The van der Waals surface area contributed by atoms with Crippen LogP contribution in [0.25, 0.3) is 11.2 Å². The SMILES string of the molecule is CC[C@@H](C)Nc1nc(N)c2ncn([C@@H]3O[C@H](CO)[C@@H](O)[C@H]3O)c2n1. The highest BCUT2D eigenvalue weighted by Gasteiger charge is 2.44. The summed E-state index contributed by atoms with van der Waals surface area (Å²) in [6.07, 6.45) is -1.92. The molecule has 0 radical (unpaired) electrons. The minimum Gasteiger partial charge on any atom is -0.394 e. The number of aromatic nitrogens is 4. The van der Waals surface area contributed by atoms with Crippen LogP contribution in [-0.4, -0.2) is 65.8 Å². The third kappa shape index (κ3) is 2.77. The van der Waals surface area contributed by atoms with Crippen molar-refractivity contribution in [2.45, 2.75) is 50.8 Å². The highest BCUT2D eigenvalue weighted by atomic mass is 16.6. The topological polar surface area (TPSA) is 152 Å². The third-order valence-corrected chi connectivity index (χ3v) is 4.23. The molecule has 0 unspecified atom stereocenters. The minimum absolute atomic E-state index is 0.159. The molecule has 10 heteroatoms. The number of hydrogen-bond acceptors (Lipinski definition) is 9. The highest BCUT2D eigenvalue weighted by Crippen LogP contribution is 2.32. The normalized spacial score (nSPS) is 28.4. The van der Waals surface area contributed by atoms with Crippen LogP contribution in [0.2, 0.25) is 0 Å². The van der Waals surface area contributed by atoms with Crippen molar-refractivity contribution in [3.63, 3.8) is 0 Å². The van der Waals surface area contributed by atoms with Gasteiger partial charge in [-0.1, -0.05) is 6.92 Å². The lowest BCUT2D eigenvalue weighted by molar-refractivity contribution is -0.0511. The van der Waals surface area contributed by atoms with Crippen molar-refractivity contribution in [1.29, 1.82) is 0 Å². The second-order valence-electron chi connectivity index (χ2n) is 5.94. The molecule has 1 saturated heterocycles. The number of nitrogens with two attached hydrogens (primary N) is 1. The number of anilines is 2. The van der Waals surface area contributed by atoms with Crippen molar-refractivity contribution in [3.05, 3.63) is 6.33 Å². The van der Waals surface area contributed by atoms with E-state index in [4.69, 9.17) is 10.5 Å². The molecule has 24 heavy (non-hydrogen) atoms. The predicted octanol–water partition coefficient (Wildman–Crippen LogP) is -0.770. The largest absolute Gasteiger partial charge is 0.394 e. The molecule has 10 nitrogen and oxygen atoms in total. The van der Waals surface area contributed by atoms with Gasteiger partial charge in [-0.2, -0.15) is 9.97 Å². The lowest BCUT2D eigenvalue weighted by atomic mass is 10.1. The molecule has 0 saturated carbocycles. The first-order valence-electron chi connectivity index (χ1n) is 7.85. The zero-order valence-corrected chi connectivity index (χ0v) is 13.5. The van der Waals surface area contributed by atoms with Crippen molar-refractivity contribution >= 4 is 22.9 Å². The van der Waals surface area contributed by atoms with Crippen LogP contribution in [0.1, 0.15) is 26.5 Å². The fraction of sp³-hybridized carbons (Fsp3) is 0.643. The van der Waals surface area contributed by atoms with Gasteiger partial charge in [0, 0.05) is 6.04 Å². The number of rotatable bonds is 5. The summed E-state index contributed by atoms with van der Waals surface area (Å²) >= 11 is 0. The van der Waals surface area contributed by atoms with Crippen LogP contribution >= 0.6 is 0 Å². The van der Waals surface area contributed by atoms with E-state index in [2.05, 4.69) is 20.3 Å². The van der Waals surface area contributed by atoms with Gasteiger partial charge in [0.2, 0.25) is 5.95 Å². The van der Waals surface area contributed by atoms with E-state index >= 15 is 0 Å². The van der Waals surface area contributed by atoms with E-state index in [0.717, 1.165) is 6.42 Å². The first-order chi connectivity index (χ1) is 11.5. The van der Waals surface area contributed by atoms with Crippen molar-refractivity contribution in [2.24, 2.45) is 0 Å². The van der Waals surface area contributed by atoms with Crippen LogP contribution < -0.4 is 11.1 Å². The molecule has 2 aromatic rings. The van der Waals surface area contributed by atoms with Gasteiger partial charge in [-0.15, -0.1) is 0 Å². The molecule has 0 aliphatic carbocycles. The Labute approximate surface area is 138 Å². The molecule has 132 valence electrons. The Morgan fingerprint density at radius 1 is 1.38 bits per heavy atom. The van der Waals surface area contributed by atoms with Gasteiger partial charge in [0.25, 0.3) is 0 Å². The molecule has 6 N–H and O–H groups in total. The molecule has 1 aliphatic rings. The van der Waals surface area contributed by atoms with Gasteiger partial charge in [0.15, 0.2) is 17.7 Å². The molecular weight excluding hydrogens is 316 g/mol. The van der Waals surface area contributed by atoms with Gasteiger partial charge >= 0.3 is 0 Å². The van der Waals surface area contributed by atoms with Crippen molar-refractivity contribution < 1.29 is 20.1 Å². The van der Waals surface area contributed by atoms with E-state index < -0.39 is 31.1 Å². The third-order valence-electron chi connectivity index (χ3n) is 4.23. The summed E-state index contributed by atoms with van der Waals surface area (Å²) in [5.74, 6) is 0.555. The molecule has 3 rings (SSSR count). The molecular formula is C14H22N6O4. The Hall–Kier alpha value is -2.01. The number of aliphatic hydroxyl groups is 3. The smallest absolute Gasteiger partial charge is 0.226 e. The molecule has 5 atom stereocenters. The number of nitrogens with one attached hydrogen (secondary N) is 1. The van der Waals surface area contributed by atoms with Gasteiger partial charge in [-0.3, -0.25) is 4.57 Å². The van der Waals surface area contributed by atoms with E-state index in [1.807, 2.05) is 13.8 Å². The molecule has 1 aliphatic heterocycles. The van der Waals surface area contributed by atoms with E-state index in [1.54, 1.807) is 0 Å². The summed E-state index contributed by atoms with van der Waals surface area (Å²) in [7, 11) is 0. The fourth-order valence-corrected chi connectivity index (χ4v) is 2.62. The number of nitrogens with zero attached hydrogens (tertiary/aromatic N) is 4. The fourth-order valence-electron chi connectivity index (χ4n) is 2.62. The predicted molar refractivity (Wildman–Crippen MR) is 86.1 cm³/mol. The lowest BCUT2D eigenvalue weighted by Crippen LogP contribution is -2.33. The average Bonchev–Trinajstić information content (AvgIpc) is 3.10. The quantitative estimate of drug-likeness (QED) is 0.473. The van der Waals surface area contributed by atoms with Crippen LogP contribution in [0.4, 0.5) is 11.8 Å². The molecule has 1 fully saturated rings. The Balaban J connectivity index is 2.00. The maximum absolute atomic E-state index is 10.2. The monoisotopic (exact) mass is 338 g/mol. The van der Waals surface area contributed by atoms with Crippen LogP contribution in [-0.2, 0) is 4.74 Å². The zero-order chi connectivity index (χ0) is 17.4. The summed E-state index contributed by atoms with van der Waals surface area (Å²) in [5, 5.41) is 32.5. The van der Waals surface area contributed by atoms with E-state index in [-0.39, 0.29) is 11.9 Å². The Bertz CT molecular complexity index is 723. The molecule has 2 aromatic heterocycles. The van der Waals surface area contributed by atoms with Crippen LogP contribution in [0.5, 0.6) is 0 Å². The summed E-state index contributed by atoms with van der Waals surface area (Å²) in [4.78, 5) is 12.7. The van der Waals surface area contributed by atoms with Crippen LogP contribution in [0, 0.1) is 0 Å². The minimum atomic E-state index is -1.22. The highest BCUT2D eigenvalue weighted by molar-refractivity contribution is 5.83. The Kier molecular flexibility index (Phi) is 4.54. The summed E-state index contributed by atoms with van der Waals surface area (Å²) in [6, 6.07) is 0.159. The number of fused-ring (bicyclic) bond motifs is 1. The number of nitrogen functional groups attached to an aromatic ring is 1. The Morgan fingerprint density at radius 2 is 2.12 bits per heavy atom. The summed E-state index contributed by atoms with van der Waals surface area (Å²) in [5.41, 5.74) is 6.70. The Morgan fingerprint density at radius 3 is 2.75 bits per heavy atom. The van der Waals surface area contributed by atoms with Gasteiger partial charge in [-0.25, -0.2) is 4.98 Å². The first-order valence-corrected chi connectivity index (χ1v) is 7.85. The number of hydrogen-bond donors (Lipinski definition) is 5. The van der Waals surface area contributed by atoms with Gasteiger partial charge in [-0.05, 0) is 13.3 Å². The van der Waals surface area contributed by atoms with Gasteiger partial charge < -0.3 is 31.1 Å². The molecule has 0 aromatic carbocycles. The maximum Gasteiger partial charge on any atom is 0.226 e. The molecule has 0 amide bonds. The van der Waals surface area contributed by atoms with Crippen LogP contribution in [0.3, 0.4) is 0 Å².